The third-order valence-electron chi connectivity index (χ3n) is 1.62. The number of carbonyl (C=O) groups is 1. The van der Waals surface area contributed by atoms with E-state index in [1.54, 1.807) is 6.07 Å². The van der Waals surface area contributed by atoms with Crippen LogP contribution in [-0.2, 0) is 0 Å². The summed E-state index contributed by atoms with van der Waals surface area (Å²) < 4.78 is 0. The van der Waals surface area contributed by atoms with Crippen molar-refractivity contribution in [3.05, 3.63) is 34.3 Å². The van der Waals surface area contributed by atoms with Crippen molar-refractivity contribution in [2.24, 2.45) is 0 Å². The standard InChI is InChI=1S/C9H8Cl2O/c1-6-3-2-4-7(11)9(6)8(12)5-10/h2-4H,5H2,1H3. The van der Waals surface area contributed by atoms with Crippen LogP contribution < -0.4 is 0 Å². The Hall–Kier alpha value is -0.530. The quantitative estimate of drug-likeness (QED) is 0.533. The number of carbonyl (C=O) groups excluding carboxylic acids is 1. The average molecular weight is 203 g/mol. The number of alkyl halides is 1. The first kappa shape index (κ1) is 9.56. The van der Waals surface area contributed by atoms with Crippen LogP contribution in [0.15, 0.2) is 18.2 Å². The molecular weight excluding hydrogens is 195 g/mol. The SMILES string of the molecule is Cc1cccc(Cl)c1C(=O)CCl. The molecule has 0 aliphatic rings. The van der Waals surface area contributed by atoms with Crippen LogP contribution in [0.4, 0.5) is 0 Å². The van der Waals surface area contributed by atoms with E-state index in [-0.39, 0.29) is 11.7 Å². The number of hydrogen-bond acceptors (Lipinski definition) is 1. The number of halogens is 2. The van der Waals surface area contributed by atoms with E-state index in [0.29, 0.717) is 10.6 Å². The minimum absolute atomic E-state index is 0.0232. The largest absolute Gasteiger partial charge is 0.293 e. The fraction of sp³-hybridized carbons (Fsp3) is 0.222. The number of ketones is 1. The number of Topliss-reactive ketones (excluding diaryl/α,β-unsaturated/α-hetero) is 1. The highest BCUT2D eigenvalue weighted by Crippen LogP contribution is 2.20. The third kappa shape index (κ3) is 1.79. The number of benzene rings is 1. The van der Waals surface area contributed by atoms with Crippen LogP contribution in [0, 0.1) is 6.92 Å². The molecule has 1 rings (SSSR count). The Bertz CT molecular complexity index is 287. The maximum atomic E-state index is 11.2. The summed E-state index contributed by atoms with van der Waals surface area (Å²) in [6, 6.07) is 5.34. The van der Waals surface area contributed by atoms with Crippen LogP contribution in [0.3, 0.4) is 0 Å². The van der Waals surface area contributed by atoms with Crippen molar-refractivity contribution in [1.29, 1.82) is 0 Å². The summed E-state index contributed by atoms with van der Waals surface area (Å²) in [5.41, 5.74) is 1.40. The number of aryl methyl sites for hydroxylation is 1. The molecular formula is C9H8Cl2O. The summed E-state index contributed by atoms with van der Waals surface area (Å²) in [5.74, 6) is -0.148. The van der Waals surface area contributed by atoms with Crippen molar-refractivity contribution < 1.29 is 4.79 Å². The predicted octanol–water partition coefficient (Wildman–Crippen LogP) is 3.07. The summed E-state index contributed by atoms with van der Waals surface area (Å²) in [4.78, 5) is 11.2. The molecule has 0 fully saturated rings. The molecule has 1 aromatic rings. The van der Waals surface area contributed by atoms with Gasteiger partial charge in [-0.25, -0.2) is 0 Å². The van der Waals surface area contributed by atoms with E-state index in [2.05, 4.69) is 0 Å². The predicted molar refractivity (Wildman–Crippen MR) is 51.2 cm³/mol. The maximum Gasteiger partial charge on any atom is 0.179 e. The van der Waals surface area contributed by atoms with Gasteiger partial charge in [0.25, 0.3) is 0 Å². The molecule has 12 heavy (non-hydrogen) atoms. The van der Waals surface area contributed by atoms with Gasteiger partial charge in [0.05, 0.1) is 10.9 Å². The molecule has 1 aromatic carbocycles. The highest BCUT2D eigenvalue weighted by Gasteiger charge is 2.10. The van der Waals surface area contributed by atoms with Gasteiger partial charge in [-0.1, -0.05) is 23.7 Å². The average Bonchev–Trinajstić information content (AvgIpc) is 2.03. The van der Waals surface area contributed by atoms with Crippen molar-refractivity contribution in [3.8, 4) is 0 Å². The smallest absolute Gasteiger partial charge is 0.179 e. The van der Waals surface area contributed by atoms with Crippen molar-refractivity contribution in [1.82, 2.24) is 0 Å². The topological polar surface area (TPSA) is 17.1 Å². The summed E-state index contributed by atoms with van der Waals surface area (Å²) in [6.45, 7) is 1.84. The molecule has 3 heteroatoms. The molecule has 0 aliphatic carbocycles. The Morgan fingerprint density at radius 1 is 1.50 bits per heavy atom. The molecule has 0 spiro atoms. The monoisotopic (exact) mass is 202 g/mol. The first-order chi connectivity index (χ1) is 5.66. The minimum Gasteiger partial charge on any atom is -0.293 e. The zero-order valence-corrected chi connectivity index (χ0v) is 8.12. The highest BCUT2D eigenvalue weighted by molar-refractivity contribution is 6.37. The van der Waals surface area contributed by atoms with E-state index in [9.17, 15) is 4.79 Å². The van der Waals surface area contributed by atoms with E-state index in [1.807, 2.05) is 19.1 Å². The second kappa shape index (κ2) is 3.92. The second-order valence-electron chi connectivity index (χ2n) is 2.49. The van der Waals surface area contributed by atoms with Crippen LogP contribution in [0.2, 0.25) is 5.02 Å². The van der Waals surface area contributed by atoms with Crippen LogP contribution in [0.1, 0.15) is 15.9 Å². The van der Waals surface area contributed by atoms with Crippen LogP contribution in [-0.4, -0.2) is 11.7 Å². The van der Waals surface area contributed by atoms with Gasteiger partial charge < -0.3 is 0 Å². The summed E-state index contributed by atoms with van der Waals surface area (Å²) in [5, 5.41) is 0.473. The minimum atomic E-state index is -0.125. The zero-order valence-electron chi connectivity index (χ0n) is 6.60. The fourth-order valence-electron chi connectivity index (χ4n) is 1.05. The van der Waals surface area contributed by atoms with E-state index in [0.717, 1.165) is 5.56 Å². The fourth-order valence-corrected chi connectivity index (χ4v) is 1.51. The van der Waals surface area contributed by atoms with Gasteiger partial charge in [0.15, 0.2) is 5.78 Å². The molecule has 0 aliphatic heterocycles. The molecule has 0 N–H and O–H groups in total. The molecule has 0 bridgehead atoms. The van der Waals surface area contributed by atoms with Gasteiger partial charge in [0.1, 0.15) is 0 Å². The Labute approximate surface area is 81.3 Å². The summed E-state index contributed by atoms with van der Waals surface area (Å²) in [7, 11) is 0. The number of hydrogen-bond donors (Lipinski definition) is 0. The van der Waals surface area contributed by atoms with E-state index < -0.39 is 0 Å². The lowest BCUT2D eigenvalue weighted by atomic mass is 10.1. The first-order valence-corrected chi connectivity index (χ1v) is 4.42. The molecule has 64 valence electrons. The molecule has 0 saturated carbocycles. The van der Waals surface area contributed by atoms with E-state index in [4.69, 9.17) is 23.2 Å². The lowest BCUT2D eigenvalue weighted by Gasteiger charge is -2.03. The van der Waals surface area contributed by atoms with Crippen molar-refractivity contribution in [3.63, 3.8) is 0 Å². The van der Waals surface area contributed by atoms with Crippen LogP contribution in [0.25, 0.3) is 0 Å². The van der Waals surface area contributed by atoms with Gasteiger partial charge in [-0.3, -0.25) is 4.79 Å². The Kier molecular flexibility index (Phi) is 3.12. The first-order valence-electron chi connectivity index (χ1n) is 3.51. The lowest BCUT2D eigenvalue weighted by Crippen LogP contribution is -2.03. The molecule has 0 aromatic heterocycles. The molecule has 0 atom stereocenters. The van der Waals surface area contributed by atoms with Crippen molar-refractivity contribution in [2.45, 2.75) is 6.92 Å². The van der Waals surface area contributed by atoms with Crippen molar-refractivity contribution >= 4 is 29.0 Å². The highest BCUT2D eigenvalue weighted by atomic mass is 35.5. The molecule has 0 amide bonds. The van der Waals surface area contributed by atoms with Gasteiger partial charge in [0, 0.05) is 5.56 Å². The molecule has 0 unspecified atom stereocenters. The van der Waals surface area contributed by atoms with Gasteiger partial charge >= 0.3 is 0 Å². The van der Waals surface area contributed by atoms with Gasteiger partial charge in [0.2, 0.25) is 0 Å². The van der Waals surface area contributed by atoms with Gasteiger partial charge in [-0.2, -0.15) is 0 Å². The summed E-state index contributed by atoms with van der Waals surface area (Å²) in [6.07, 6.45) is 0. The second-order valence-corrected chi connectivity index (χ2v) is 3.16. The lowest BCUT2D eigenvalue weighted by molar-refractivity contribution is 0.102. The molecule has 0 saturated heterocycles. The maximum absolute atomic E-state index is 11.2. The third-order valence-corrected chi connectivity index (χ3v) is 2.18. The van der Waals surface area contributed by atoms with Gasteiger partial charge in [-0.15, -0.1) is 11.6 Å². The molecule has 0 heterocycles. The molecule has 0 radical (unpaired) electrons. The van der Waals surface area contributed by atoms with Crippen LogP contribution >= 0.6 is 23.2 Å². The Morgan fingerprint density at radius 3 is 2.67 bits per heavy atom. The normalized spacial score (nSPS) is 9.92. The molecule has 1 nitrogen and oxygen atoms in total. The summed E-state index contributed by atoms with van der Waals surface area (Å²) >= 11 is 11.2. The van der Waals surface area contributed by atoms with E-state index >= 15 is 0 Å². The van der Waals surface area contributed by atoms with E-state index in [1.165, 1.54) is 0 Å². The Morgan fingerprint density at radius 2 is 2.17 bits per heavy atom. The van der Waals surface area contributed by atoms with Crippen LogP contribution in [0.5, 0.6) is 0 Å². The Balaban J connectivity index is 3.21. The number of rotatable bonds is 2. The van der Waals surface area contributed by atoms with Crippen molar-refractivity contribution in [2.75, 3.05) is 5.88 Å². The van der Waals surface area contributed by atoms with Gasteiger partial charge in [-0.05, 0) is 18.6 Å². The zero-order chi connectivity index (χ0) is 9.14.